The third-order valence-corrected chi connectivity index (χ3v) is 3.30. The van der Waals surface area contributed by atoms with Crippen molar-refractivity contribution in [2.45, 2.75) is 26.3 Å². The van der Waals surface area contributed by atoms with E-state index in [1.807, 2.05) is 25.1 Å². The van der Waals surface area contributed by atoms with Gasteiger partial charge in [0.05, 0.1) is 6.04 Å². The van der Waals surface area contributed by atoms with Crippen molar-refractivity contribution in [2.24, 2.45) is 0 Å². The lowest BCUT2D eigenvalue weighted by Crippen LogP contribution is -2.23. The summed E-state index contributed by atoms with van der Waals surface area (Å²) < 4.78 is 19.9. The van der Waals surface area contributed by atoms with Gasteiger partial charge in [0.15, 0.2) is 4.67 Å². The molecule has 1 N–H and O–H groups in total. The van der Waals surface area contributed by atoms with Gasteiger partial charge in [0, 0.05) is 0 Å². The lowest BCUT2D eigenvalue weighted by atomic mass is 10.0. The number of halogens is 2. The Bertz CT molecular complexity index is 533. The second-order valence-corrected chi connectivity index (χ2v) is 5.37. The van der Waals surface area contributed by atoms with Gasteiger partial charge in [0.25, 0.3) is 0 Å². The quantitative estimate of drug-likeness (QED) is 0.870. The molecule has 0 aliphatic carbocycles. The first-order valence-corrected chi connectivity index (χ1v) is 7.15. The molecular formula is C15H17BrFNO. The first-order valence-electron chi connectivity index (χ1n) is 6.36. The second kappa shape index (κ2) is 6.35. The third-order valence-electron chi connectivity index (χ3n) is 2.87. The minimum absolute atomic E-state index is 0.124. The van der Waals surface area contributed by atoms with Crippen LogP contribution in [0.25, 0.3) is 0 Å². The van der Waals surface area contributed by atoms with Crippen LogP contribution in [0.4, 0.5) is 4.39 Å². The van der Waals surface area contributed by atoms with Crippen LogP contribution in [0, 0.1) is 12.7 Å². The van der Waals surface area contributed by atoms with Crippen LogP contribution in [0.2, 0.25) is 0 Å². The summed E-state index contributed by atoms with van der Waals surface area (Å²) in [5.41, 5.74) is 1.79. The molecule has 0 aliphatic rings. The summed E-state index contributed by atoms with van der Waals surface area (Å²) in [6.45, 7) is 4.83. The highest BCUT2D eigenvalue weighted by Crippen LogP contribution is 2.27. The summed E-state index contributed by atoms with van der Waals surface area (Å²) >= 11 is 3.30. The minimum atomic E-state index is -0.219. The predicted molar refractivity (Wildman–Crippen MR) is 77.7 cm³/mol. The third kappa shape index (κ3) is 3.67. The largest absolute Gasteiger partial charge is 0.452 e. The van der Waals surface area contributed by atoms with Crippen molar-refractivity contribution in [1.82, 2.24) is 5.32 Å². The fourth-order valence-corrected chi connectivity index (χ4v) is 2.41. The van der Waals surface area contributed by atoms with E-state index >= 15 is 0 Å². The fourth-order valence-electron chi connectivity index (χ4n) is 2.09. The number of benzene rings is 1. The number of hydrogen-bond donors (Lipinski definition) is 1. The van der Waals surface area contributed by atoms with Crippen molar-refractivity contribution >= 4 is 15.9 Å². The second-order valence-electron chi connectivity index (χ2n) is 4.59. The van der Waals surface area contributed by atoms with E-state index in [-0.39, 0.29) is 11.9 Å². The molecule has 2 rings (SSSR count). The van der Waals surface area contributed by atoms with Crippen molar-refractivity contribution in [2.75, 3.05) is 6.54 Å². The van der Waals surface area contributed by atoms with Crippen LogP contribution in [0.5, 0.6) is 0 Å². The maximum absolute atomic E-state index is 13.6. The fraction of sp³-hybridized carbons (Fsp3) is 0.333. The Morgan fingerprint density at radius 3 is 2.68 bits per heavy atom. The Labute approximate surface area is 121 Å². The molecule has 19 heavy (non-hydrogen) atoms. The van der Waals surface area contributed by atoms with Gasteiger partial charge in [-0.15, -0.1) is 0 Å². The van der Waals surface area contributed by atoms with Gasteiger partial charge in [-0.2, -0.15) is 0 Å². The van der Waals surface area contributed by atoms with E-state index in [0.717, 1.165) is 29.9 Å². The number of hydrogen-bond acceptors (Lipinski definition) is 2. The van der Waals surface area contributed by atoms with Gasteiger partial charge in [-0.1, -0.05) is 13.0 Å². The van der Waals surface area contributed by atoms with Crippen LogP contribution in [0.3, 0.4) is 0 Å². The lowest BCUT2D eigenvalue weighted by Gasteiger charge is -2.17. The number of furan rings is 1. The topological polar surface area (TPSA) is 25.2 Å². The smallest absolute Gasteiger partial charge is 0.169 e. The number of nitrogens with one attached hydrogen (secondary N) is 1. The molecule has 0 bridgehead atoms. The van der Waals surface area contributed by atoms with E-state index in [1.54, 1.807) is 6.07 Å². The molecule has 102 valence electrons. The zero-order valence-electron chi connectivity index (χ0n) is 11.0. The van der Waals surface area contributed by atoms with Gasteiger partial charge in [0.1, 0.15) is 11.6 Å². The van der Waals surface area contributed by atoms with Gasteiger partial charge in [-0.3, -0.25) is 0 Å². The van der Waals surface area contributed by atoms with E-state index in [0.29, 0.717) is 4.67 Å². The molecule has 1 heterocycles. The van der Waals surface area contributed by atoms with Crippen molar-refractivity contribution in [3.05, 3.63) is 57.7 Å². The first kappa shape index (κ1) is 14.3. The molecule has 2 aromatic rings. The molecule has 0 spiro atoms. The molecule has 4 heteroatoms. The van der Waals surface area contributed by atoms with Gasteiger partial charge in [-0.25, -0.2) is 4.39 Å². The van der Waals surface area contributed by atoms with Crippen molar-refractivity contribution in [3.63, 3.8) is 0 Å². The van der Waals surface area contributed by atoms with E-state index in [9.17, 15) is 4.39 Å². The maximum atomic E-state index is 13.6. The predicted octanol–water partition coefficient (Wildman–Crippen LogP) is 4.58. The van der Waals surface area contributed by atoms with Crippen molar-refractivity contribution < 1.29 is 8.81 Å². The van der Waals surface area contributed by atoms with E-state index in [4.69, 9.17) is 4.42 Å². The highest BCUT2D eigenvalue weighted by Gasteiger charge is 2.18. The molecule has 0 fully saturated rings. The normalized spacial score (nSPS) is 12.6. The van der Waals surface area contributed by atoms with Crippen LogP contribution >= 0.6 is 15.9 Å². The minimum Gasteiger partial charge on any atom is -0.452 e. The van der Waals surface area contributed by atoms with Crippen LogP contribution < -0.4 is 5.32 Å². The Morgan fingerprint density at radius 1 is 1.32 bits per heavy atom. The molecule has 2 nitrogen and oxygen atoms in total. The zero-order chi connectivity index (χ0) is 13.8. The summed E-state index contributed by atoms with van der Waals surface area (Å²) in [5, 5.41) is 3.39. The van der Waals surface area contributed by atoms with Crippen LogP contribution in [-0.4, -0.2) is 6.54 Å². The first-order chi connectivity index (χ1) is 9.10. The Hall–Kier alpha value is -1.13. The SMILES string of the molecule is CCCNC(c1cc(C)cc(F)c1)c1ccc(Br)o1. The monoisotopic (exact) mass is 325 g/mol. The molecule has 0 amide bonds. The zero-order valence-corrected chi connectivity index (χ0v) is 12.6. The summed E-state index contributed by atoms with van der Waals surface area (Å²) in [6, 6.07) is 8.68. The van der Waals surface area contributed by atoms with Crippen LogP contribution in [0.1, 0.15) is 36.3 Å². The van der Waals surface area contributed by atoms with Crippen LogP contribution in [-0.2, 0) is 0 Å². The Kier molecular flexibility index (Phi) is 4.77. The molecule has 0 aliphatic heterocycles. The van der Waals surface area contributed by atoms with E-state index < -0.39 is 0 Å². The number of aryl methyl sites for hydroxylation is 1. The Balaban J connectivity index is 2.36. The molecule has 0 radical (unpaired) electrons. The average molecular weight is 326 g/mol. The summed E-state index contributed by atoms with van der Waals surface area (Å²) in [5.74, 6) is 0.564. The molecule has 1 atom stereocenters. The Morgan fingerprint density at radius 2 is 2.11 bits per heavy atom. The average Bonchev–Trinajstić information content (AvgIpc) is 2.75. The molecule has 1 aromatic heterocycles. The molecule has 1 unspecified atom stereocenters. The molecule has 1 aromatic carbocycles. The van der Waals surface area contributed by atoms with E-state index in [1.165, 1.54) is 6.07 Å². The molecule has 0 saturated heterocycles. The van der Waals surface area contributed by atoms with Crippen molar-refractivity contribution in [3.8, 4) is 0 Å². The van der Waals surface area contributed by atoms with Crippen LogP contribution in [0.15, 0.2) is 39.4 Å². The molecule has 0 saturated carbocycles. The van der Waals surface area contributed by atoms with Crippen molar-refractivity contribution in [1.29, 1.82) is 0 Å². The van der Waals surface area contributed by atoms with Gasteiger partial charge in [-0.05, 0) is 71.2 Å². The number of rotatable bonds is 5. The van der Waals surface area contributed by atoms with Gasteiger partial charge < -0.3 is 9.73 Å². The summed E-state index contributed by atoms with van der Waals surface area (Å²) in [6.07, 6.45) is 1.01. The van der Waals surface area contributed by atoms with Gasteiger partial charge >= 0.3 is 0 Å². The maximum Gasteiger partial charge on any atom is 0.169 e. The van der Waals surface area contributed by atoms with Gasteiger partial charge in [0.2, 0.25) is 0 Å². The summed E-state index contributed by atoms with van der Waals surface area (Å²) in [7, 11) is 0. The lowest BCUT2D eigenvalue weighted by molar-refractivity contribution is 0.432. The highest BCUT2D eigenvalue weighted by molar-refractivity contribution is 9.10. The highest BCUT2D eigenvalue weighted by atomic mass is 79.9. The van der Waals surface area contributed by atoms with E-state index in [2.05, 4.69) is 28.2 Å². The summed E-state index contributed by atoms with van der Waals surface area (Å²) in [4.78, 5) is 0. The standard InChI is InChI=1S/C15H17BrFNO/c1-3-6-18-15(13-4-5-14(16)19-13)11-7-10(2)8-12(17)9-11/h4-5,7-9,15,18H,3,6H2,1-2H3. The molecular weight excluding hydrogens is 309 g/mol.